The number of hydrogen-bond acceptors (Lipinski definition) is 3. The molecule has 2 heterocycles. The van der Waals surface area contributed by atoms with E-state index in [9.17, 15) is 4.79 Å². The second kappa shape index (κ2) is 6.78. The van der Waals surface area contributed by atoms with Crippen molar-refractivity contribution in [2.75, 3.05) is 13.7 Å². The zero-order chi connectivity index (χ0) is 19.1. The number of ketones is 1. The molecule has 0 radical (unpaired) electrons. The Labute approximate surface area is 165 Å². The first-order valence-electron chi connectivity index (χ1n) is 10.2. The van der Waals surface area contributed by atoms with E-state index in [2.05, 4.69) is 40.3 Å². The minimum Gasteiger partial charge on any atom is -0.497 e. The van der Waals surface area contributed by atoms with Crippen molar-refractivity contribution in [1.82, 2.24) is 9.88 Å². The van der Waals surface area contributed by atoms with Crippen molar-refractivity contribution >= 4 is 16.7 Å². The van der Waals surface area contributed by atoms with Gasteiger partial charge in [0.15, 0.2) is 5.78 Å². The van der Waals surface area contributed by atoms with Gasteiger partial charge in [0.1, 0.15) is 5.75 Å². The van der Waals surface area contributed by atoms with E-state index in [0.717, 1.165) is 67.6 Å². The summed E-state index contributed by atoms with van der Waals surface area (Å²) < 4.78 is 5.36. The van der Waals surface area contributed by atoms with E-state index in [1.54, 1.807) is 7.11 Å². The maximum atomic E-state index is 13.7. The van der Waals surface area contributed by atoms with Crippen molar-refractivity contribution < 1.29 is 9.53 Å². The molecule has 3 aromatic rings. The Morgan fingerprint density at radius 3 is 2.93 bits per heavy atom. The lowest BCUT2D eigenvalue weighted by atomic mass is 9.71. The average molecular weight is 374 g/mol. The zero-order valence-electron chi connectivity index (χ0n) is 16.3. The Balaban J connectivity index is 1.50. The number of likely N-dealkylation sites (tertiary alicyclic amines) is 1. The van der Waals surface area contributed by atoms with Crippen LogP contribution in [0.2, 0.25) is 0 Å². The third-order valence-corrected chi connectivity index (χ3v) is 6.70. The van der Waals surface area contributed by atoms with Gasteiger partial charge >= 0.3 is 0 Å². The van der Waals surface area contributed by atoms with Gasteiger partial charge in [0, 0.05) is 29.2 Å². The fourth-order valence-electron chi connectivity index (χ4n) is 5.16. The number of carbonyl (C=O) groups excluding carboxylic acids is 1. The van der Waals surface area contributed by atoms with E-state index in [0.29, 0.717) is 5.78 Å². The fourth-order valence-corrected chi connectivity index (χ4v) is 5.16. The van der Waals surface area contributed by atoms with Crippen LogP contribution in [0.1, 0.15) is 47.2 Å². The SMILES string of the molecule is COc1ccc2c(c1)CCC1(CCCCN1Cc1c[nH]c3ccccc13)C2=O. The summed E-state index contributed by atoms with van der Waals surface area (Å²) in [6.45, 7) is 1.80. The molecule has 0 amide bonds. The smallest absolute Gasteiger partial charge is 0.183 e. The number of ether oxygens (including phenoxy) is 1. The lowest BCUT2D eigenvalue weighted by Crippen LogP contribution is -2.58. The number of hydrogen-bond donors (Lipinski definition) is 1. The Kier molecular flexibility index (Phi) is 4.24. The van der Waals surface area contributed by atoms with Crippen molar-refractivity contribution in [3.8, 4) is 5.75 Å². The highest BCUT2D eigenvalue weighted by molar-refractivity contribution is 6.05. The van der Waals surface area contributed by atoms with Gasteiger partial charge in [-0.3, -0.25) is 9.69 Å². The van der Waals surface area contributed by atoms with Crippen LogP contribution in [0.5, 0.6) is 5.75 Å². The zero-order valence-corrected chi connectivity index (χ0v) is 16.3. The average Bonchev–Trinajstić information content (AvgIpc) is 3.15. The molecule has 1 unspecified atom stereocenters. The summed E-state index contributed by atoms with van der Waals surface area (Å²) in [5, 5.41) is 1.26. The van der Waals surface area contributed by atoms with Crippen molar-refractivity contribution in [2.45, 2.75) is 44.2 Å². The highest BCUT2D eigenvalue weighted by Crippen LogP contribution is 2.41. The maximum absolute atomic E-state index is 13.7. The number of carbonyl (C=O) groups is 1. The number of Topliss-reactive ketones (excluding diaryl/α,β-unsaturated/α-hetero) is 1. The third kappa shape index (κ3) is 2.67. The van der Waals surface area contributed by atoms with Crippen LogP contribution in [0.15, 0.2) is 48.7 Å². The largest absolute Gasteiger partial charge is 0.497 e. The lowest BCUT2D eigenvalue weighted by Gasteiger charge is -2.48. The second-order valence-corrected chi connectivity index (χ2v) is 8.12. The molecule has 1 saturated heterocycles. The number of para-hydroxylation sites is 1. The summed E-state index contributed by atoms with van der Waals surface area (Å²) in [5.74, 6) is 1.14. The molecule has 1 N–H and O–H groups in total. The standard InChI is InChI=1S/C24H26N2O2/c1-28-19-8-9-21-17(14-19)10-12-24(23(21)27)11-4-5-13-26(24)16-18-15-25-22-7-3-2-6-20(18)22/h2-3,6-9,14-15,25H,4-5,10-13,16H2,1H3. The summed E-state index contributed by atoms with van der Waals surface area (Å²) in [4.78, 5) is 19.5. The van der Waals surface area contributed by atoms with E-state index in [-0.39, 0.29) is 5.54 Å². The molecular weight excluding hydrogens is 348 g/mol. The predicted molar refractivity (Wildman–Crippen MR) is 111 cm³/mol. The lowest BCUT2D eigenvalue weighted by molar-refractivity contribution is 0.0254. The Bertz CT molecular complexity index is 1040. The van der Waals surface area contributed by atoms with E-state index in [4.69, 9.17) is 4.74 Å². The van der Waals surface area contributed by atoms with E-state index in [1.165, 1.54) is 10.9 Å². The molecule has 1 aliphatic carbocycles. The Hall–Kier alpha value is -2.59. The van der Waals surface area contributed by atoms with Gasteiger partial charge in [-0.15, -0.1) is 0 Å². The summed E-state index contributed by atoms with van der Waals surface area (Å²) >= 11 is 0. The number of nitrogens with one attached hydrogen (secondary N) is 1. The first kappa shape index (κ1) is 17.5. The molecule has 2 aliphatic rings. The van der Waals surface area contributed by atoms with Gasteiger partial charge < -0.3 is 9.72 Å². The van der Waals surface area contributed by atoms with Crippen molar-refractivity contribution in [2.24, 2.45) is 0 Å². The number of methoxy groups -OCH3 is 1. The number of aromatic nitrogens is 1. The van der Waals surface area contributed by atoms with Crippen LogP contribution < -0.4 is 4.74 Å². The Morgan fingerprint density at radius 2 is 2.04 bits per heavy atom. The summed E-state index contributed by atoms with van der Waals surface area (Å²) in [6, 6.07) is 14.3. The van der Waals surface area contributed by atoms with Crippen LogP contribution in [-0.2, 0) is 13.0 Å². The first-order chi connectivity index (χ1) is 13.7. The molecule has 4 nitrogen and oxygen atoms in total. The maximum Gasteiger partial charge on any atom is 0.183 e. The van der Waals surface area contributed by atoms with Gasteiger partial charge in [0.25, 0.3) is 0 Å². The second-order valence-electron chi connectivity index (χ2n) is 8.12. The van der Waals surface area contributed by atoms with E-state index in [1.807, 2.05) is 18.2 Å². The number of nitrogens with zero attached hydrogens (tertiary/aromatic N) is 1. The molecule has 5 rings (SSSR count). The molecule has 144 valence electrons. The minimum absolute atomic E-state index is 0.302. The predicted octanol–water partition coefficient (Wildman–Crippen LogP) is 4.73. The van der Waals surface area contributed by atoms with Gasteiger partial charge in [-0.05, 0) is 74.0 Å². The molecular formula is C24H26N2O2. The molecule has 28 heavy (non-hydrogen) atoms. The first-order valence-corrected chi connectivity index (χ1v) is 10.2. The van der Waals surface area contributed by atoms with Crippen LogP contribution in [0.3, 0.4) is 0 Å². The topological polar surface area (TPSA) is 45.3 Å². The van der Waals surface area contributed by atoms with E-state index >= 15 is 0 Å². The normalized spacial score (nSPS) is 22.5. The Morgan fingerprint density at radius 1 is 1.14 bits per heavy atom. The molecule has 4 heteroatoms. The summed E-state index contributed by atoms with van der Waals surface area (Å²) in [6.07, 6.45) is 7.18. The molecule has 0 bridgehead atoms. The van der Waals surface area contributed by atoms with Gasteiger partial charge in [0.2, 0.25) is 0 Å². The third-order valence-electron chi connectivity index (χ3n) is 6.70. The van der Waals surface area contributed by atoms with Crippen molar-refractivity contribution in [1.29, 1.82) is 0 Å². The van der Waals surface area contributed by atoms with Crippen LogP contribution in [0.25, 0.3) is 10.9 Å². The highest BCUT2D eigenvalue weighted by Gasteiger charge is 2.48. The molecule has 0 saturated carbocycles. The number of piperidine rings is 1. The fraction of sp³-hybridized carbons (Fsp3) is 0.375. The molecule has 1 fully saturated rings. The quantitative estimate of drug-likeness (QED) is 0.721. The van der Waals surface area contributed by atoms with E-state index < -0.39 is 0 Å². The van der Waals surface area contributed by atoms with Gasteiger partial charge in [0.05, 0.1) is 12.6 Å². The molecule has 1 aromatic heterocycles. The minimum atomic E-state index is -0.363. The highest BCUT2D eigenvalue weighted by atomic mass is 16.5. The van der Waals surface area contributed by atoms with Crippen LogP contribution in [-0.4, -0.2) is 34.9 Å². The van der Waals surface area contributed by atoms with Crippen molar-refractivity contribution in [3.63, 3.8) is 0 Å². The van der Waals surface area contributed by atoms with Crippen LogP contribution in [0, 0.1) is 0 Å². The van der Waals surface area contributed by atoms with Gasteiger partial charge in [-0.25, -0.2) is 0 Å². The molecule has 1 aliphatic heterocycles. The number of rotatable bonds is 3. The summed E-state index contributed by atoms with van der Waals surface area (Å²) in [5.41, 5.74) is 4.10. The monoisotopic (exact) mass is 374 g/mol. The van der Waals surface area contributed by atoms with Crippen LogP contribution in [0.4, 0.5) is 0 Å². The molecule has 1 spiro atoms. The summed E-state index contributed by atoms with van der Waals surface area (Å²) in [7, 11) is 1.68. The van der Waals surface area contributed by atoms with Gasteiger partial charge in [-0.2, -0.15) is 0 Å². The van der Waals surface area contributed by atoms with Crippen molar-refractivity contribution in [3.05, 3.63) is 65.4 Å². The molecule has 2 aromatic carbocycles. The number of aromatic amines is 1. The van der Waals surface area contributed by atoms with Crippen LogP contribution >= 0.6 is 0 Å². The number of benzene rings is 2. The number of aryl methyl sites for hydroxylation is 1. The van der Waals surface area contributed by atoms with Gasteiger partial charge in [-0.1, -0.05) is 18.2 Å². The number of H-pyrrole nitrogens is 1. The number of fused-ring (bicyclic) bond motifs is 2. The molecule has 1 atom stereocenters.